The fourth-order valence-corrected chi connectivity index (χ4v) is 2.57. The summed E-state index contributed by atoms with van der Waals surface area (Å²) in [4.78, 5) is 2.26. The molecule has 0 heterocycles. The van der Waals surface area contributed by atoms with Gasteiger partial charge in [-0.05, 0) is 24.3 Å². The van der Waals surface area contributed by atoms with Crippen molar-refractivity contribution in [1.29, 1.82) is 0 Å². The van der Waals surface area contributed by atoms with Gasteiger partial charge in [0.1, 0.15) is 11.4 Å². The van der Waals surface area contributed by atoms with Crippen molar-refractivity contribution in [2.24, 2.45) is 5.92 Å². The number of benzene rings is 2. The Labute approximate surface area is 150 Å². The topological polar surface area (TPSA) is 98.5 Å². The van der Waals surface area contributed by atoms with Crippen molar-refractivity contribution >= 4 is 17.2 Å². The second-order valence-corrected chi connectivity index (χ2v) is 6.44. The first-order valence-corrected chi connectivity index (χ1v) is 8.91. The van der Waals surface area contributed by atoms with E-state index in [0.717, 1.165) is 0 Å². The van der Waals surface area contributed by atoms with Crippen molar-refractivity contribution in [2.45, 2.75) is 13.8 Å². The van der Waals surface area contributed by atoms with E-state index >= 15 is 0 Å². The Kier molecular flexibility index (Phi) is 8.02. The number of nitrogens with zero attached hydrogens (tertiary/aromatic N) is 2. The zero-order chi connectivity index (χ0) is 19.0. The molecule has 0 aliphatic carbocycles. The molecule has 0 saturated carbocycles. The van der Waals surface area contributed by atoms with Crippen molar-refractivity contribution < 1.29 is 33.5 Å². The van der Waals surface area contributed by atoms with E-state index < -0.39 is 10.2 Å². The number of hydrogen-bond acceptors (Lipinski definition) is 4. The minimum absolute atomic E-state index is 0.436. The SMILES string of the molecule is CC(C)C(N(C)c1ccccc1)=[N+](C)c1ccccc1.[O-][Cl+3]([O-])([O-])[O-]. The van der Waals surface area contributed by atoms with Crippen LogP contribution in [0, 0.1) is 16.2 Å². The van der Waals surface area contributed by atoms with Crippen molar-refractivity contribution in [2.75, 3.05) is 19.0 Å². The highest BCUT2D eigenvalue weighted by Crippen LogP contribution is 2.18. The zero-order valence-electron chi connectivity index (χ0n) is 14.8. The first kappa shape index (κ1) is 21.1. The standard InChI is InChI=1S/C18H23N2.ClHO4/c1-15(2)18(19(3)16-11-7-5-8-12-16)20(4)17-13-9-6-10-14-17;2-1(3,4)5/h5-15H,1-4H3;(H,2,3,4,5)/q+1;/p-1. The summed E-state index contributed by atoms with van der Waals surface area (Å²) in [6.07, 6.45) is 0. The summed E-state index contributed by atoms with van der Waals surface area (Å²) in [5, 5.41) is 0. The average Bonchev–Trinajstić information content (AvgIpc) is 2.54. The van der Waals surface area contributed by atoms with E-state index in [1.54, 1.807) is 0 Å². The largest absolute Gasteiger partial charge is 0.259 e. The molecule has 0 amide bonds. The van der Waals surface area contributed by atoms with Gasteiger partial charge in [0.25, 0.3) is 5.84 Å². The van der Waals surface area contributed by atoms with Crippen LogP contribution in [0.15, 0.2) is 60.7 Å². The molecule has 2 aromatic carbocycles. The molecule has 25 heavy (non-hydrogen) atoms. The molecule has 2 aromatic rings. The van der Waals surface area contributed by atoms with Gasteiger partial charge >= 0.3 is 0 Å². The molecular weight excluding hydrogens is 344 g/mol. The van der Waals surface area contributed by atoms with Gasteiger partial charge < -0.3 is 0 Å². The van der Waals surface area contributed by atoms with Crippen LogP contribution in [0.5, 0.6) is 0 Å². The summed E-state index contributed by atoms with van der Waals surface area (Å²) < 4.78 is 36.2. The molecule has 0 aliphatic rings. The number of rotatable bonds is 3. The maximum atomic E-state index is 8.49. The van der Waals surface area contributed by atoms with Crippen LogP contribution < -0.4 is 23.5 Å². The lowest BCUT2D eigenvalue weighted by Crippen LogP contribution is -2.68. The lowest BCUT2D eigenvalue weighted by molar-refractivity contribution is -2.00. The Hall–Kier alpha value is -1.96. The van der Waals surface area contributed by atoms with Gasteiger partial charge in [0.05, 0.1) is 20.0 Å². The van der Waals surface area contributed by atoms with Crippen molar-refractivity contribution in [1.82, 2.24) is 0 Å². The lowest BCUT2D eigenvalue weighted by Gasteiger charge is -2.20. The second kappa shape index (κ2) is 9.50. The Morgan fingerprint density at radius 3 is 1.68 bits per heavy atom. The fraction of sp³-hybridized carbons (Fsp3) is 0.278. The van der Waals surface area contributed by atoms with Crippen LogP contribution in [0.3, 0.4) is 0 Å². The van der Waals surface area contributed by atoms with E-state index in [-0.39, 0.29) is 0 Å². The number of anilines is 1. The molecule has 6 nitrogen and oxygen atoms in total. The molecule has 0 radical (unpaired) electrons. The van der Waals surface area contributed by atoms with Gasteiger partial charge in [0.2, 0.25) is 0 Å². The number of hydrogen-bond donors (Lipinski definition) is 0. The predicted molar refractivity (Wildman–Crippen MR) is 87.0 cm³/mol. The number of amidine groups is 1. The third-order valence-corrected chi connectivity index (χ3v) is 3.49. The molecule has 136 valence electrons. The molecule has 0 unspecified atom stereocenters. The molecule has 0 spiro atoms. The highest BCUT2D eigenvalue weighted by molar-refractivity contribution is 5.95. The van der Waals surface area contributed by atoms with Gasteiger partial charge in [-0.15, -0.1) is 10.2 Å². The van der Waals surface area contributed by atoms with E-state index in [0.29, 0.717) is 5.92 Å². The van der Waals surface area contributed by atoms with Gasteiger partial charge in [-0.3, -0.25) is 0 Å². The van der Waals surface area contributed by atoms with E-state index in [2.05, 4.69) is 85.9 Å². The Bertz CT molecular complexity index is 664. The maximum absolute atomic E-state index is 8.49. The molecule has 0 fully saturated rings. The van der Waals surface area contributed by atoms with Crippen LogP contribution in [-0.4, -0.2) is 24.5 Å². The van der Waals surface area contributed by atoms with Crippen molar-refractivity contribution in [3.63, 3.8) is 0 Å². The lowest BCUT2D eigenvalue weighted by atomic mass is 10.1. The molecule has 7 heteroatoms. The molecule has 0 aromatic heterocycles. The summed E-state index contributed by atoms with van der Waals surface area (Å²) >= 11 is 0. The van der Waals surface area contributed by atoms with Gasteiger partial charge in [0, 0.05) is 0 Å². The van der Waals surface area contributed by atoms with E-state index in [1.807, 2.05) is 12.1 Å². The first-order chi connectivity index (χ1) is 11.6. The van der Waals surface area contributed by atoms with Crippen molar-refractivity contribution in [3.8, 4) is 0 Å². The van der Waals surface area contributed by atoms with Gasteiger partial charge in [-0.2, -0.15) is 0 Å². The van der Waals surface area contributed by atoms with Gasteiger partial charge in [-0.25, -0.2) is 28.1 Å². The Morgan fingerprint density at radius 2 is 1.28 bits per heavy atom. The molecular formula is C18H23ClN2O4. The number of para-hydroxylation sites is 2. The third-order valence-electron chi connectivity index (χ3n) is 3.49. The van der Waals surface area contributed by atoms with Crippen LogP contribution in [-0.2, 0) is 0 Å². The summed E-state index contributed by atoms with van der Waals surface area (Å²) in [5.41, 5.74) is 2.41. The summed E-state index contributed by atoms with van der Waals surface area (Å²) in [6.45, 7) is 4.46. The maximum Gasteiger partial charge on any atom is 0.259 e. The van der Waals surface area contributed by atoms with Crippen molar-refractivity contribution in [3.05, 3.63) is 60.7 Å². The van der Waals surface area contributed by atoms with E-state index in [9.17, 15) is 0 Å². The van der Waals surface area contributed by atoms with Crippen LogP contribution in [0.25, 0.3) is 0 Å². The highest BCUT2D eigenvalue weighted by atomic mass is 35.7. The average molecular weight is 367 g/mol. The molecule has 0 aliphatic heterocycles. The minimum atomic E-state index is -4.94. The first-order valence-electron chi connectivity index (χ1n) is 7.67. The van der Waals surface area contributed by atoms with Gasteiger partial charge in [0.15, 0.2) is 0 Å². The van der Waals surface area contributed by atoms with E-state index in [1.165, 1.54) is 17.2 Å². The van der Waals surface area contributed by atoms with E-state index in [4.69, 9.17) is 18.6 Å². The summed E-state index contributed by atoms with van der Waals surface area (Å²) in [5.74, 6) is 1.72. The summed E-state index contributed by atoms with van der Waals surface area (Å²) in [7, 11) is -0.686. The molecule has 0 N–H and O–H groups in total. The normalized spacial score (nSPS) is 12.2. The van der Waals surface area contributed by atoms with Crippen LogP contribution in [0.4, 0.5) is 11.4 Å². The Morgan fingerprint density at radius 1 is 0.880 bits per heavy atom. The number of halogens is 1. The predicted octanol–water partition coefficient (Wildman–Crippen LogP) is -0.605. The highest BCUT2D eigenvalue weighted by Gasteiger charge is 2.23. The quantitative estimate of drug-likeness (QED) is 0.410. The third kappa shape index (κ3) is 7.64. The molecule has 2 rings (SSSR count). The monoisotopic (exact) mass is 366 g/mol. The molecule has 0 atom stereocenters. The molecule has 0 bridgehead atoms. The fourth-order valence-electron chi connectivity index (χ4n) is 2.57. The zero-order valence-corrected chi connectivity index (χ0v) is 15.5. The Balaban J connectivity index is 0.000000550. The molecule has 0 saturated heterocycles. The van der Waals surface area contributed by atoms with Crippen LogP contribution >= 0.6 is 0 Å². The second-order valence-electron chi connectivity index (χ2n) is 5.68. The van der Waals surface area contributed by atoms with Gasteiger partial charge in [-0.1, -0.05) is 50.2 Å². The van der Waals surface area contributed by atoms with Crippen LogP contribution in [0.1, 0.15) is 13.8 Å². The minimum Gasteiger partial charge on any atom is -0.234 e. The smallest absolute Gasteiger partial charge is 0.234 e. The van der Waals surface area contributed by atoms with Crippen LogP contribution in [0.2, 0.25) is 0 Å². The summed E-state index contributed by atoms with van der Waals surface area (Å²) in [6, 6.07) is 21.0.